The van der Waals surface area contributed by atoms with Crippen LogP contribution < -0.4 is 0 Å². The molecular weight excluding hydrogens is 262 g/mol. The number of carboxylic acids is 1. The Hall–Kier alpha value is -1.83. The smallest absolute Gasteiger partial charge is 0.309 e. The van der Waals surface area contributed by atoms with Gasteiger partial charge in [-0.3, -0.25) is 14.9 Å². The van der Waals surface area contributed by atoms with Gasteiger partial charge in [0.25, 0.3) is 12.1 Å². The summed E-state index contributed by atoms with van der Waals surface area (Å²) in [5.41, 5.74) is -2.54. The van der Waals surface area contributed by atoms with Crippen molar-refractivity contribution in [3.05, 3.63) is 32.6 Å². The number of alkyl halides is 2. The van der Waals surface area contributed by atoms with E-state index >= 15 is 0 Å². The largest absolute Gasteiger partial charge is 0.481 e. The van der Waals surface area contributed by atoms with Crippen molar-refractivity contribution in [3.8, 4) is 0 Å². The predicted molar refractivity (Wildman–Crippen MR) is 52.2 cm³/mol. The molecule has 1 heterocycles. The molecule has 1 aromatic rings. The maximum atomic E-state index is 12.5. The Morgan fingerprint density at radius 2 is 2.24 bits per heavy atom. The van der Waals surface area contributed by atoms with Gasteiger partial charge in [0.1, 0.15) is 16.4 Å². The lowest BCUT2D eigenvalue weighted by atomic mass is 10.1. The Morgan fingerprint density at radius 1 is 1.65 bits per heavy atom. The Bertz CT molecular complexity index is 481. The van der Waals surface area contributed by atoms with E-state index in [1.807, 2.05) is 0 Å². The molecule has 6 nitrogen and oxygen atoms in total. The van der Waals surface area contributed by atoms with Crippen LogP contribution in [0.4, 0.5) is 14.5 Å². The number of carboxylic acid groups (broad SMARTS) is 1. The zero-order chi connectivity index (χ0) is 13.2. The number of hydrogen-bond acceptors (Lipinski definition) is 4. The molecule has 0 spiro atoms. The number of pyridine rings is 1. The highest BCUT2D eigenvalue weighted by Gasteiger charge is 2.28. The van der Waals surface area contributed by atoms with Gasteiger partial charge in [-0.1, -0.05) is 11.6 Å². The van der Waals surface area contributed by atoms with Gasteiger partial charge in [-0.15, -0.1) is 0 Å². The molecule has 0 aliphatic rings. The van der Waals surface area contributed by atoms with Crippen LogP contribution in [0.2, 0.25) is 5.15 Å². The van der Waals surface area contributed by atoms with Crippen LogP contribution >= 0.6 is 11.6 Å². The zero-order valence-electron chi connectivity index (χ0n) is 8.06. The lowest BCUT2D eigenvalue weighted by Crippen LogP contribution is -2.09. The minimum atomic E-state index is -3.14. The van der Waals surface area contributed by atoms with E-state index in [4.69, 9.17) is 16.7 Å². The first kappa shape index (κ1) is 13.2. The van der Waals surface area contributed by atoms with Gasteiger partial charge in [-0.2, -0.15) is 0 Å². The van der Waals surface area contributed by atoms with E-state index in [0.29, 0.717) is 6.07 Å². The monoisotopic (exact) mass is 266 g/mol. The normalized spacial score (nSPS) is 10.6. The highest BCUT2D eigenvalue weighted by molar-refractivity contribution is 6.29. The SMILES string of the molecule is O=C(O)Cc1nc(Cl)cc(C(F)F)c1[N+](=O)[O-]. The van der Waals surface area contributed by atoms with Crippen LogP contribution in [0.3, 0.4) is 0 Å². The molecule has 1 rings (SSSR count). The Labute approximate surface area is 98.0 Å². The highest BCUT2D eigenvalue weighted by atomic mass is 35.5. The van der Waals surface area contributed by atoms with Crippen molar-refractivity contribution < 1.29 is 23.6 Å². The number of rotatable bonds is 4. The molecule has 0 unspecified atom stereocenters. The molecule has 9 heteroatoms. The fourth-order valence-corrected chi connectivity index (χ4v) is 1.44. The molecule has 92 valence electrons. The lowest BCUT2D eigenvalue weighted by Gasteiger charge is -2.06. The molecule has 17 heavy (non-hydrogen) atoms. The average molecular weight is 267 g/mol. The molecule has 0 aliphatic heterocycles. The third kappa shape index (κ3) is 3.06. The number of nitro groups is 1. The molecule has 0 radical (unpaired) electrons. The van der Waals surface area contributed by atoms with Gasteiger partial charge >= 0.3 is 5.97 Å². The van der Waals surface area contributed by atoms with E-state index in [1.165, 1.54) is 0 Å². The maximum Gasteiger partial charge on any atom is 0.309 e. The van der Waals surface area contributed by atoms with Gasteiger partial charge in [0.2, 0.25) is 0 Å². The first-order valence-corrected chi connectivity index (χ1v) is 4.54. The van der Waals surface area contributed by atoms with Crippen molar-refractivity contribution in [3.63, 3.8) is 0 Å². The quantitative estimate of drug-likeness (QED) is 0.512. The zero-order valence-corrected chi connectivity index (χ0v) is 8.82. The molecule has 0 atom stereocenters. The summed E-state index contributed by atoms with van der Waals surface area (Å²) in [6.07, 6.45) is -3.99. The summed E-state index contributed by atoms with van der Waals surface area (Å²) in [5, 5.41) is 18.7. The van der Waals surface area contributed by atoms with Gasteiger partial charge in [-0.05, 0) is 6.07 Å². The van der Waals surface area contributed by atoms with E-state index in [1.54, 1.807) is 0 Å². The second kappa shape index (κ2) is 5.00. The molecule has 0 bridgehead atoms. The molecule has 0 saturated heterocycles. The van der Waals surface area contributed by atoms with Gasteiger partial charge < -0.3 is 5.11 Å². The van der Waals surface area contributed by atoms with Crippen LogP contribution in [0.15, 0.2) is 6.07 Å². The van der Waals surface area contributed by atoms with Crippen molar-refractivity contribution in [2.75, 3.05) is 0 Å². The number of hydrogen-bond donors (Lipinski definition) is 1. The molecule has 0 aliphatic carbocycles. The number of aliphatic carboxylic acids is 1. The Balaban J connectivity index is 3.45. The summed E-state index contributed by atoms with van der Waals surface area (Å²) in [7, 11) is 0. The third-order valence-electron chi connectivity index (χ3n) is 1.80. The molecule has 1 aromatic heterocycles. The van der Waals surface area contributed by atoms with Gasteiger partial charge in [-0.25, -0.2) is 13.8 Å². The number of halogens is 3. The summed E-state index contributed by atoms with van der Waals surface area (Å²) in [6, 6.07) is 0.649. The minimum absolute atomic E-state index is 0.415. The summed E-state index contributed by atoms with van der Waals surface area (Å²) in [4.78, 5) is 23.4. The summed E-state index contributed by atoms with van der Waals surface area (Å²) in [5.74, 6) is -1.43. The van der Waals surface area contributed by atoms with Crippen LogP contribution in [0.25, 0.3) is 0 Å². The minimum Gasteiger partial charge on any atom is -0.481 e. The number of aromatic nitrogens is 1. The summed E-state index contributed by atoms with van der Waals surface area (Å²) in [6.45, 7) is 0. The van der Waals surface area contributed by atoms with Crippen molar-refractivity contribution in [1.29, 1.82) is 0 Å². The summed E-state index contributed by atoms with van der Waals surface area (Å²) < 4.78 is 25.1. The van der Waals surface area contributed by atoms with Crippen LogP contribution in [0, 0.1) is 10.1 Å². The van der Waals surface area contributed by atoms with Crippen LogP contribution in [0.1, 0.15) is 17.7 Å². The van der Waals surface area contributed by atoms with Crippen LogP contribution in [-0.4, -0.2) is 21.0 Å². The second-order valence-corrected chi connectivity index (χ2v) is 3.35. The first-order chi connectivity index (χ1) is 7.82. The fraction of sp³-hybridized carbons (Fsp3) is 0.250. The maximum absolute atomic E-state index is 12.5. The molecular formula is C8H5ClF2N2O4. The molecule has 1 N–H and O–H groups in total. The topological polar surface area (TPSA) is 93.3 Å². The van der Waals surface area contributed by atoms with Crippen molar-refractivity contribution >= 4 is 23.3 Å². The Morgan fingerprint density at radius 3 is 2.65 bits per heavy atom. The first-order valence-electron chi connectivity index (χ1n) is 4.16. The van der Waals surface area contributed by atoms with Gasteiger partial charge in [0.05, 0.1) is 11.3 Å². The molecule has 0 amide bonds. The number of carbonyl (C=O) groups is 1. The van der Waals surface area contributed by atoms with Crippen LogP contribution in [-0.2, 0) is 11.2 Å². The molecule has 0 fully saturated rings. The highest BCUT2D eigenvalue weighted by Crippen LogP contribution is 2.33. The van der Waals surface area contributed by atoms with E-state index < -0.39 is 45.8 Å². The second-order valence-electron chi connectivity index (χ2n) is 2.96. The van der Waals surface area contributed by atoms with E-state index in [2.05, 4.69) is 4.98 Å². The molecule has 0 saturated carbocycles. The van der Waals surface area contributed by atoms with Gasteiger partial charge in [0.15, 0.2) is 0 Å². The van der Waals surface area contributed by atoms with Crippen LogP contribution in [0.5, 0.6) is 0 Å². The van der Waals surface area contributed by atoms with Crippen molar-refractivity contribution in [2.24, 2.45) is 0 Å². The standard InChI is InChI=1S/C8H5ClF2N2O4/c9-5-1-3(8(10)11)7(13(16)17)4(12-5)2-6(14)15/h1,8H,2H2,(H,14,15). The molecule has 0 aromatic carbocycles. The lowest BCUT2D eigenvalue weighted by molar-refractivity contribution is -0.387. The average Bonchev–Trinajstić information content (AvgIpc) is 2.14. The van der Waals surface area contributed by atoms with Crippen molar-refractivity contribution in [1.82, 2.24) is 4.98 Å². The van der Waals surface area contributed by atoms with E-state index in [-0.39, 0.29) is 0 Å². The van der Waals surface area contributed by atoms with E-state index in [0.717, 1.165) is 0 Å². The summed E-state index contributed by atoms with van der Waals surface area (Å²) >= 11 is 5.39. The fourth-order valence-electron chi connectivity index (χ4n) is 1.22. The van der Waals surface area contributed by atoms with Crippen molar-refractivity contribution in [2.45, 2.75) is 12.8 Å². The third-order valence-corrected chi connectivity index (χ3v) is 1.99. The predicted octanol–water partition coefficient (Wildman–Crippen LogP) is 2.21. The van der Waals surface area contributed by atoms with Gasteiger partial charge in [0, 0.05) is 0 Å². The van der Waals surface area contributed by atoms with E-state index in [9.17, 15) is 23.7 Å². The number of nitrogens with zero attached hydrogens (tertiary/aromatic N) is 2. The Kier molecular flexibility index (Phi) is 3.89.